The van der Waals surface area contributed by atoms with E-state index in [1.54, 1.807) is 19.2 Å². The highest BCUT2D eigenvalue weighted by Gasteiger charge is 2.31. The van der Waals surface area contributed by atoms with Gasteiger partial charge in [-0.1, -0.05) is 31.2 Å². The van der Waals surface area contributed by atoms with Gasteiger partial charge in [-0.2, -0.15) is 0 Å². The fraction of sp³-hybridized carbons (Fsp3) is 0.333. The molecule has 6 heteroatoms. The summed E-state index contributed by atoms with van der Waals surface area (Å²) in [5.74, 6) is 0.738. The van der Waals surface area contributed by atoms with E-state index in [4.69, 9.17) is 14.2 Å². The quantitative estimate of drug-likeness (QED) is 0.733. The van der Waals surface area contributed by atoms with Crippen molar-refractivity contribution in [3.63, 3.8) is 0 Å². The van der Waals surface area contributed by atoms with Crippen molar-refractivity contribution < 1.29 is 23.8 Å². The first-order valence-electron chi connectivity index (χ1n) is 8.82. The van der Waals surface area contributed by atoms with Crippen LogP contribution in [0.1, 0.15) is 22.8 Å². The van der Waals surface area contributed by atoms with Crippen LogP contribution in [0.4, 0.5) is 0 Å². The minimum absolute atomic E-state index is 0.0856. The molecule has 0 aliphatic carbocycles. The van der Waals surface area contributed by atoms with E-state index in [1.807, 2.05) is 43.3 Å². The molecule has 2 atom stereocenters. The van der Waals surface area contributed by atoms with Crippen molar-refractivity contribution in [1.82, 2.24) is 4.90 Å². The molecule has 0 spiro atoms. The number of para-hydroxylation sites is 1. The number of nitrogens with zero attached hydrogens (tertiary/aromatic N) is 1. The second-order valence-corrected chi connectivity index (χ2v) is 6.57. The van der Waals surface area contributed by atoms with Gasteiger partial charge in [0.15, 0.2) is 0 Å². The van der Waals surface area contributed by atoms with Crippen molar-refractivity contribution in [2.45, 2.75) is 19.6 Å². The second kappa shape index (κ2) is 8.12. The van der Waals surface area contributed by atoms with Crippen LogP contribution in [0.2, 0.25) is 0 Å². The Kier molecular flexibility index (Phi) is 5.64. The highest BCUT2D eigenvalue weighted by atomic mass is 16.5. The lowest BCUT2D eigenvalue weighted by atomic mass is 10.0. The van der Waals surface area contributed by atoms with Crippen LogP contribution in [0.25, 0.3) is 0 Å². The third kappa shape index (κ3) is 4.22. The lowest BCUT2D eigenvalue weighted by Gasteiger charge is -2.33. The minimum atomic E-state index is -0.494. The van der Waals surface area contributed by atoms with Gasteiger partial charge in [-0.15, -0.1) is 0 Å². The number of fused-ring (bicyclic) bond motifs is 1. The molecule has 2 aromatic rings. The van der Waals surface area contributed by atoms with Crippen LogP contribution in [0.5, 0.6) is 11.5 Å². The van der Waals surface area contributed by atoms with Crippen molar-refractivity contribution >= 4 is 11.9 Å². The van der Waals surface area contributed by atoms with E-state index >= 15 is 0 Å². The van der Waals surface area contributed by atoms with E-state index in [-0.39, 0.29) is 24.4 Å². The van der Waals surface area contributed by atoms with Crippen LogP contribution < -0.4 is 9.47 Å². The SMILES string of the molecule is COC(=O)C(C)Cc1ccc(OCC2Oc3ccccc3C(=O)N2C)cc1. The van der Waals surface area contributed by atoms with Gasteiger partial charge in [-0.3, -0.25) is 9.59 Å². The predicted octanol–water partition coefficient (Wildman–Crippen LogP) is 2.91. The number of hydrogen-bond donors (Lipinski definition) is 0. The summed E-state index contributed by atoms with van der Waals surface area (Å²) in [6.07, 6.45) is 0.110. The summed E-state index contributed by atoms with van der Waals surface area (Å²) in [5.41, 5.74) is 1.58. The van der Waals surface area contributed by atoms with Gasteiger partial charge in [-0.25, -0.2) is 0 Å². The lowest BCUT2D eigenvalue weighted by Crippen LogP contribution is -2.48. The van der Waals surface area contributed by atoms with Crippen molar-refractivity contribution in [3.05, 3.63) is 59.7 Å². The number of likely N-dealkylation sites (N-methyl/N-ethyl adjacent to an activating group) is 1. The molecule has 1 aliphatic rings. The topological polar surface area (TPSA) is 65.1 Å². The molecule has 142 valence electrons. The van der Waals surface area contributed by atoms with Crippen LogP contribution in [0.15, 0.2) is 48.5 Å². The Morgan fingerprint density at radius 3 is 2.59 bits per heavy atom. The van der Waals surface area contributed by atoms with Crippen LogP contribution in [0, 0.1) is 5.92 Å². The largest absolute Gasteiger partial charge is 0.488 e. The fourth-order valence-electron chi connectivity index (χ4n) is 2.97. The summed E-state index contributed by atoms with van der Waals surface area (Å²) in [7, 11) is 3.09. The molecule has 0 saturated heterocycles. The van der Waals surface area contributed by atoms with Crippen LogP contribution >= 0.6 is 0 Å². The zero-order chi connectivity index (χ0) is 19.4. The molecule has 0 saturated carbocycles. The van der Waals surface area contributed by atoms with Crippen molar-refractivity contribution in [2.75, 3.05) is 20.8 Å². The van der Waals surface area contributed by atoms with Gasteiger partial charge >= 0.3 is 5.97 Å². The highest BCUT2D eigenvalue weighted by Crippen LogP contribution is 2.27. The average Bonchev–Trinajstić information content (AvgIpc) is 2.70. The molecule has 2 unspecified atom stereocenters. The molecule has 2 aromatic carbocycles. The summed E-state index contributed by atoms with van der Waals surface area (Å²) >= 11 is 0. The van der Waals surface area contributed by atoms with Gasteiger partial charge in [-0.05, 0) is 36.2 Å². The molecule has 27 heavy (non-hydrogen) atoms. The summed E-state index contributed by atoms with van der Waals surface area (Å²) in [6, 6.07) is 14.7. The van der Waals surface area contributed by atoms with E-state index in [0.717, 1.165) is 5.56 Å². The lowest BCUT2D eigenvalue weighted by molar-refractivity contribution is -0.144. The van der Waals surface area contributed by atoms with Gasteiger partial charge in [0.25, 0.3) is 5.91 Å². The maximum atomic E-state index is 12.4. The summed E-state index contributed by atoms with van der Waals surface area (Å²) in [5, 5.41) is 0. The number of esters is 1. The Morgan fingerprint density at radius 2 is 1.89 bits per heavy atom. The van der Waals surface area contributed by atoms with Gasteiger partial charge in [0, 0.05) is 7.05 Å². The third-order valence-electron chi connectivity index (χ3n) is 4.59. The normalized spacial score (nSPS) is 16.9. The van der Waals surface area contributed by atoms with E-state index in [0.29, 0.717) is 23.5 Å². The molecule has 1 amide bonds. The van der Waals surface area contributed by atoms with Gasteiger partial charge in [0.05, 0.1) is 18.6 Å². The standard InChI is InChI=1S/C21H23NO5/c1-14(21(24)25-3)12-15-8-10-16(11-9-15)26-13-19-22(2)20(23)17-6-4-5-7-18(17)27-19/h4-11,14,19H,12-13H2,1-3H3. The highest BCUT2D eigenvalue weighted by molar-refractivity contribution is 5.97. The minimum Gasteiger partial charge on any atom is -0.488 e. The van der Waals surface area contributed by atoms with E-state index < -0.39 is 6.23 Å². The maximum absolute atomic E-state index is 12.4. The monoisotopic (exact) mass is 369 g/mol. The zero-order valence-corrected chi connectivity index (χ0v) is 15.7. The Morgan fingerprint density at radius 1 is 1.19 bits per heavy atom. The number of carbonyl (C=O) groups excluding carboxylic acids is 2. The molecule has 1 aliphatic heterocycles. The Bertz CT molecular complexity index is 818. The summed E-state index contributed by atoms with van der Waals surface area (Å²) < 4.78 is 16.4. The number of methoxy groups -OCH3 is 1. The van der Waals surface area contributed by atoms with E-state index in [9.17, 15) is 9.59 Å². The first kappa shape index (κ1) is 18.8. The Labute approximate surface area is 158 Å². The fourth-order valence-corrected chi connectivity index (χ4v) is 2.97. The zero-order valence-electron chi connectivity index (χ0n) is 15.7. The molecule has 0 bridgehead atoms. The smallest absolute Gasteiger partial charge is 0.308 e. The maximum Gasteiger partial charge on any atom is 0.308 e. The van der Waals surface area contributed by atoms with Crippen molar-refractivity contribution in [2.24, 2.45) is 5.92 Å². The van der Waals surface area contributed by atoms with Gasteiger partial charge in [0.2, 0.25) is 6.23 Å². The average molecular weight is 369 g/mol. The van der Waals surface area contributed by atoms with Crippen LogP contribution in [-0.2, 0) is 16.0 Å². The first-order chi connectivity index (χ1) is 13.0. The number of rotatable bonds is 6. The molecule has 1 heterocycles. The number of hydrogen-bond acceptors (Lipinski definition) is 5. The van der Waals surface area contributed by atoms with Gasteiger partial charge in [0.1, 0.15) is 18.1 Å². The molecular formula is C21H23NO5. The molecule has 0 fully saturated rings. The number of amides is 1. The molecule has 0 aromatic heterocycles. The van der Waals surface area contributed by atoms with Crippen LogP contribution in [0.3, 0.4) is 0 Å². The Balaban J connectivity index is 1.59. The first-order valence-corrected chi connectivity index (χ1v) is 8.82. The summed E-state index contributed by atoms with van der Waals surface area (Å²) in [6.45, 7) is 2.05. The van der Waals surface area contributed by atoms with Gasteiger partial charge < -0.3 is 19.1 Å². The molecule has 0 N–H and O–H groups in total. The number of ether oxygens (including phenoxy) is 3. The molecule has 3 rings (SSSR count). The molecular weight excluding hydrogens is 346 g/mol. The Hall–Kier alpha value is -3.02. The molecule has 6 nitrogen and oxygen atoms in total. The van der Waals surface area contributed by atoms with Crippen molar-refractivity contribution in [1.29, 1.82) is 0 Å². The van der Waals surface area contributed by atoms with Crippen LogP contribution in [-0.4, -0.2) is 43.8 Å². The second-order valence-electron chi connectivity index (χ2n) is 6.57. The number of carbonyl (C=O) groups is 2. The summed E-state index contributed by atoms with van der Waals surface area (Å²) in [4.78, 5) is 25.5. The van der Waals surface area contributed by atoms with E-state index in [2.05, 4.69) is 0 Å². The number of benzene rings is 2. The third-order valence-corrected chi connectivity index (χ3v) is 4.59. The molecule has 0 radical (unpaired) electrons. The van der Waals surface area contributed by atoms with Crippen molar-refractivity contribution in [3.8, 4) is 11.5 Å². The predicted molar refractivity (Wildman–Crippen MR) is 99.8 cm³/mol. The van der Waals surface area contributed by atoms with E-state index in [1.165, 1.54) is 12.0 Å².